The predicted octanol–water partition coefficient (Wildman–Crippen LogP) is 1.54. The lowest BCUT2D eigenvalue weighted by Crippen LogP contribution is -2.41. The van der Waals surface area contributed by atoms with E-state index in [1.807, 2.05) is 33.8 Å². The van der Waals surface area contributed by atoms with Crippen molar-refractivity contribution >= 4 is 24.7 Å². The van der Waals surface area contributed by atoms with Gasteiger partial charge in [0.15, 0.2) is 0 Å². The average Bonchev–Trinajstić information content (AvgIpc) is 2.84. The van der Waals surface area contributed by atoms with Crippen LogP contribution in [0.5, 0.6) is 0 Å². The third-order valence-electron chi connectivity index (χ3n) is 4.63. The maximum atomic E-state index is 11.9. The molecule has 134 valence electrons. The van der Waals surface area contributed by atoms with E-state index in [4.69, 9.17) is 9.31 Å². The van der Waals surface area contributed by atoms with Crippen molar-refractivity contribution in [3.05, 3.63) is 54.1 Å². The Morgan fingerprint density at radius 3 is 2.42 bits per heavy atom. The van der Waals surface area contributed by atoms with Crippen LogP contribution in [-0.2, 0) is 9.31 Å². The van der Waals surface area contributed by atoms with Crippen LogP contribution in [-0.4, -0.2) is 40.4 Å². The summed E-state index contributed by atoms with van der Waals surface area (Å²) in [5.41, 5.74) is 3.66. The molecular weight excluding hydrogens is 331 g/mol. The van der Waals surface area contributed by atoms with Crippen molar-refractivity contribution in [2.45, 2.75) is 38.9 Å². The third kappa shape index (κ3) is 3.81. The van der Waals surface area contributed by atoms with Crippen LogP contribution in [0.1, 0.15) is 43.6 Å². The van der Waals surface area contributed by atoms with Crippen LogP contribution in [0.25, 0.3) is 0 Å². The second kappa shape index (κ2) is 6.97. The monoisotopic (exact) mass is 352 g/mol. The summed E-state index contributed by atoms with van der Waals surface area (Å²) in [5.74, 6) is -0.307. The summed E-state index contributed by atoms with van der Waals surface area (Å²) < 4.78 is 12.0. The third-order valence-corrected chi connectivity index (χ3v) is 4.63. The molecule has 2 aromatic rings. The first kappa shape index (κ1) is 18.2. The zero-order valence-electron chi connectivity index (χ0n) is 15.3. The molecule has 2 aromatic heterocycles. The highest BCUT2D eigenvalue weighted by atomic mass is 16.7. The Labute approximate surface area is 153 Å². The number of amides is 1. The number of hydrogen-bond acceptors (Lipinski definition) is 6. The molecule has 0 radical (unpaired) electrons. The highest BCUT2D eigenvalue weighted by molar-refractivity contribution is 6.62. The number of aromatic nitrogens is 2. The fraction of sp³-hybridized carbons (Fsp3) is 0.333. The molecule has 3 rings (SSSR count). The molecule has 1 aliphatic heterocycles. The van der Waals surface area contributed by atoms with E-state index in [1.54, 1.807) is 36.9 Å². The first-order valence-corrected chi connectivity index (χ1v) is 8.32. The SMILES string of the molecule is CC1(C)OB(c2cncc(/C=N/NC(=O)c3ccncc3)c2)OC1(C)C. The zero-order chi connectivity index (χ0) is 18.8. The molecule has 1 aliphatic rings. The van der Waals surface area contributed by atoms with Crippen LogP contribution in [0.3, 0.4) is 0 Å². The summed E-state index contributed by atoms with van der Waals surface area (Å²) in [6, 6.07) is 5.11. The van der Waals surface area contributed by atoms with E-state index in [0.717, 1.165) is 11.0 Å². The van der Waals surface area contributed by atoms with E-state index in [9.17, 15) is 4.79 Å². The molecule has 1 saturated heterocycles. The smallest absolute Gasteiger partial charge is 0.399 e. The predicted molar refractivity (Wildman–Crippen MR) is 99.3 cm³/mol. The molecule has 0 aliphatic carbocycles. The van der Waals surface area contributed by atoms with Crippen molar-refractivity contribution in [2.24, 2.45) is 5.10 Å². The summed E-state index contributed by atoms with van der Waals surface area (Å²) in [6.45, 7) is 8.00. The largest absolute Gasteiger partial charge is 0.496 e. The number of carbonyl (C=O) groups is 1. The topological polar surface area (TPSA) is 85.7 Å². The van der Waals surface area contributed by atoms with Gasteiger partial charge < -0.3 is 9.31 Å². The zero-order valence-corrected chi connectivity index (χ0v) is 15.3. The van der Waals surface area contributed by atoms with Crippen LogP contribution in [0.15, 0.2) is 48.1 Å². The van der Waals surface area contributed by atoms with E-state index in [0.29, 0.717) is 5.56 Å². The minimum atomic E-state index is -0.493. The van der Waals surface area contributed by atoms with Crippen molar-refractivity contribution in [3.8, 4) is 0 Å². The Morgan fingerprint density at radius 2 is 1.77 bits per heavy atom. The van der Waals surface area contributed by atoms with Crippen molar-refractivity contribution in [2.75, 3.05) is 0 Å². The Balaban J connectivity index is 1.68. The lowest BCUT2D eigenvalue weighted by molar-refractivity contribution is 0.00578. The van der Waals surface area contributed by atoms with Gasteiger partial charge >= 0.3 is 7.12 Å². The van der Waals surface area contributed by atoms with Gasteiger partial charge in [0.05, 0.1) is 17.4 Å². The van der Waals surface area contributed by atoms with E-state index < -0.39 is 18.3 Å². The highest BCUT2D eigenvalue weighted by Gasteiger charge is 2.51. The summed E-state index contributed by atoms with van der Waals surface area (Å²) in [6.07, 6.45) is 7.99. The number of pyridine rings is 2. The number of carbonyl (C=O) groups excluding carboxylic acids is 1. The molecular formula is C18H21BN4O3. The van der Waals surface area contributed by atoms with Gasteiger partial charge in [0, 0.05) is 41.4 Å². The average molecular weight is 352 g/mol. The summed E-state index contributed by atoms with van der Waals surface area (Å²) in [5, 5.41) is 3.98. The van der Waals surface area contributed by atoms with E-state index in [1.165, 1.54) is 6.21 Å². The van der Waals surface area contributed by atoms with Gasteiger partial charge in [-0.3, -0.25) is 14.8 Å². The molecule has 3 heterocycles. The van der Waals surface area contributed by atoms with Gasteiger partial charge in [-0.2, -0.15) is 5.10 Å². The van der Waals surface area contributed by atoms with Crippen molar-refractivity contribution in [3.63, 3.8) is 0 Å². The fourth-order valence-electron chi connectivity index (χ4n) is 2.39. The van der Waals surface area contributed by atoms with E-state index in [-0.39, 0.29) is 5.91 Å². The molecule has 1 N–H and O–H groups in total. The number of nitrogens with one attached hydrogen (secondary N) is 1. The molecule has 8 heteroatoms. The molecule has 1 fully saturated rings. The molecule has 0 atom stereocenters. The summed E-state index contributed by atoms with van der Waals surface area (Å²) in [4.78, 5) is 20.0. The Hall–Kier alpha value is -2.58. The van der Waals surface area contributed by atoms with Crippen LogP contribution < -0.4 is 10.9 Å². The van der Waals surface area contributed by atoms with Crippen molar-refractivity contribution < 1.29 is 14.1 Å². The minimum absolute atomic E-state index is 0.307. The van der Waals surface area contributed by atoms with Gasteiger partial charge in [-0.25, -0.2) is 5.43 Å². The maximum Gasteiger partial charge on any atom is 0.496 e. The number of hydrazone groups is 1. The minimum Gasteiger partial charge on any atom is -0.399 e. The lowest BCUT2D eigenvalue weighted by Gasteiger charge is -2.32. The maximum absolute atomic E-state index is 11.9. The number of hydrogen-bond donors (Lipinski definition) is 1. The molecule has 0 aromatic carbocycles. The Kier molecular flexibility index (Phi) is 4.89. The summed E-state index contributed by atoms with van der Waals surface area (Å²) >= 11 is 0. The summed E-state index contributed by atoms with van der Waals surface area (Å²) in [7, 11) is -0.493. The Bertz CT molecular complexity index is 808. The van der Waals surface area contributed by atoms with Gasteiger partial charge in [0.2, 0.25) is 0 Å². The molecule has 1 amide bonds. The van der Waals surface area contributed by atoms with Gasteiger partial charge in [0.1, 0.15) is 0 Å². The molecule has 0 bridgehead atoms. The van der Waals surface area contributed by atoms with Crippen molar-refractivity contribution in [1.82, 2.24) is 15.4 Å². The molecule has 0 spiro atoms. The molecule has 0 saturated carbocycles. The normalized spacial score (nSPS) is 18.2. The van der Waals surface area contributed by atoms with Crippen molar-refractivity contribution in [1.29, 1.82) is 0 Å². The second-order valence-corrected chi connectivity index (χ2v) is 7.07. The van der Waals surface area contributed by atoms with E-state index in [2.05, 4.69) is 20.5 Å². The fourth-order valence-corrected chi connectivity index (χ4v) is 2.39. The number of rotatable bonds is 4. The van der Waals surface area contributed by atoms with Gasteiger partial charge in [-0.15, -0.1) is 0 Å². The first-order valence-electron chi connectivity index (χ1n) is 8.32. The molecule has 0 unspecified atom stereocenters. The molecule has 26 heavy (non-hydrogen) atoms. The van der Waals surface area contributed by atoms with Gasteiger partial charge in [-0.05, 0) is 39.8 Å². The van der Waals surface area contributed by atoms with Crippen LogP contribution in [0, 0.1) is 0 Å². The first-order chi connectivity index (χ1) is 12.3. The lowest BCUT2D eigenvalue weighted by atomic mass is 9.80. The van der Waals surface area contributed by atoms with E-state index >= 15 is 0 Å². The Morgan fingerprint density at radius 1 is 1.12 bits per heavy atom. The quantitative estimate of drug-likeness (QED) is 0.513. The molecule has 7 nitrogen and oxygen atoms in total. The number of nitrogens with zero attached hydrogens (tertiary/aromatic N) is 3. The van der Waals surface area contributed by atoms with Crippen LogP contribution in [0.4, 0.5) is 0 Å². The second-order valence-electron chi connectivity index (χ2n) is 7.07. The standard InChI is InChI=1S/C18H21BN4O3/c1-17(2)18(3,4)26-19(25-17)15-9-13(10-21-12-15)11-22-23-16(24)14-5-7-20-8-6-14/h5-12H,1-4H3,(H,23,24)/b22-11+. The van der Waals surface area contributed by atoms with Crippen LogP contribution in [0.2, 0.25) is 0 Å². The highest BCUT2D eigenvalue weighted by Crippen LogP contribution is 2.36. The van der Waals surface area contributed by atoms with Gasteiger partial charge in [0.25, 0.3) is 5.91 Å². The van der Waals surface area contributed by atoms with Crippen LogP contribution >= 0.6 is 0 Å². The van der Waals surface area contributed by atoms with Gasteiger partial charge in [-0.1, -0.05) is 6.07 Å².